The van der Waals surface area contributed by atoms with Gasteiger partial charge in [-0.15, -0.1) is 12.4 Å². The maximum Gasteiger partial charge on any atom is 0.0571 e. The minimum Gasteiger partial charge on any atom is -0.330 e. The van der Waals surface area contributed by atoms with Crippen LogP contribution in [0, 0.1) is 0 Å². The Bertz CT molecular complexity index is 253. The Kier molecular flexibility index (Phi) is 7.09. The van der Waals surface area contributed by atoms with E-state index in [9.17, 15) is 0 Å². The highest BCUT2D eigenvalue weighted by atomic mass is 79.9. The summed E-state index contributed by atoms with van der Waals surface area (Å²) < 4.78 is 0.974. The van der Waals surface area contributed by atoms with E-state index >= 15 is 0 Å². The highest BCUT2D eigenvalue weighted by Gasteiger charge is 2.05. The number of pyridine rings is 1. The Morgan fingerprint density at radius 1 is 1.43 bits per heavy atom. The molecule has 1 aromatic rings. The lowest BCUT2D eigenvalue weighted by Crippen LogP contribution is -2.13. The summed E-state index contributed by atoms with van der Waals surface area (Å²) in [5.41, 5.74) is 12.2. The zero-order valence-corrected chi connectivity index (χ0v) is 10.2. The first kappa shape index (κ1) is 13.8. The summed E-state index contributed by atoms with van der Waals surface area (Å²) in [6.45, 7) is 0.685. The molecule has 0 aliphatic heterocycles. The van der Waals surface area contributed by atoms with Gasteiger partial charge in [0.15, 0.2) is 0 Å². The number of hydrogen-bond acceptors (Lipinski definition) is 3. The maximum absolute atomic E-state index is 5.90. The molecule has 0 radical (unpaired) electrons. The monoisotopic (exact) mass is 279 g/mol. The van der Waals surface area contributed by atoms with Gasteiger partial charge >= 0.3 is 0 Å². The number of hydrogen-bond donors (Lipinski definition) is 2. The Morgan fingerprint density at radius 2 is 2.14 bits per heavy atom. The molecular formula is C9H15BrClN3. The van der Waals surface area contributed by atoms with Crippen molar-refractivity contribution < 1.29 is 0 Å². The normalized spacial score (nSPS) is 11.9. The molecule has 0 saturated heterocycles. The molecular weight excluding hydrogens is 265 g/mol. The SMILES string of the molecule is Cl.NCCC[C@H](N)c1ccc(Br)cn1. The molecule has 14 heavy (non-hydrogen) atoms. The van der Waals surface area contributed by atoms with E-state index in [1.807, 2.05) is 12.1 Å². The number of nitrogens with two attached hydrogens (primary N) is 2. The van der Waals surface area contributed by atoms with E-state index < -0.39 is 0 Å². The van der Waals surface area contributed by atoms with Gasteiger partial charge < -0.3 is 11.5 Å². The molecule has 1 rings (SSSR count). The Labute approximate surface area is 98.8 Å². The van der Waals surface area contributed by atoms with Gasteiger partial charge in [-0.05, 0) is 47.4 Å². The lowest BCUT2D eigenvalue weighted by molar-refractivity contribution is 0.603. The minimum absolute atomic E-state index is 0. The number of nitrogens with zero attached hydrogens (tertiary/aromatic N) is 1. The van der Waals surface area contributed by atoms with E-state index in [1.54, 1.807) is 6.20 Å². The van der Waals surface area contributed by atoms with Gasteiger partial charge in [0.1, 0.15) is 0 Å². The molecule has 1 heterocycles. The average molecular weight is 281 g/mol. The summed E-state index contributed by atoms with van der Waals surface area (Å²) in [6, 6.07) is 3.90. The van der Waals surface area contributed by atoms with Crippen molar-refractivity contribution in [3.63, 3.8) is 0 Å². The van der Waals surface area contributed by atoms with Crippen molar-refractivity contribution in [3.8, 4) is 0 Å². The van der Waals surface area contributed by atoms with Crippen molar-refractivity contribution in [2.75, 3.05) is 6.54 Å². The van der Waals surface area contributed by atoms with E-state index in [1.165, 1.54) is 0 Å². The van der Waals surface area contributed by atoms with Crippen LogP contribution >= 0.6 is 28.3 Å². The minimum atomic E-state index is 0. The molecule has 1 aromatic heterocycles. The molecule has 4 N–H and O–H groups in total. The van der Waals surface area contributed by atoms with Gasteiger partial charge in [-0.2, -0.15) is 0 Å². The van der Waals surface area contributed by atoms with Crippen LogP contribution in [0.3, 0.4) is 0 Å². The summed E-state index contributed by atoms with van der Waals surface area (Å²) in [5.74, 6) is 0. The van der Waals surface area contributed by atoms with Crippen LogP contribution in [0.5, 0.6) is 0 Å². The summed E-state index contributed by atoms with van der Waals surface area (Å²) in [5, 5.41) is 0. The molecule has 0 aromatic carbocycles. The van der Waals surface area contributed by atoms with Gasteiger partial charge in [-0.3, -0.25) is 4.98 Å². The first-order chi connectivity index (χ1) is 6.24. The predicted octanol–water partition coefficient (Wildman–Crippen LogP) is 2.00. The second kappa shape index (κ2) is 7.17. The molecule has 0 saturated carbocycles. The summed E-state index contributed by atoms with van der Waals surface area (Å²) >= 11 is 3.32. The summed E-state index contributed by atoms with van der Waals surface area (Å²) in [4.78, 5) is 4.22. The van der Waals surface area contributed by atoms with Crippen molar-refractivity contribution >= 4 is 28.3 Å². The van der Waals surface area contributed by atoms with E-state index in [-0.39, 0.29) is 18.4 Å². The fourth-order valence-electron chi connectivity index (χ4n) is 1.09. The van der Waals surface area contributed by atoms with Gasteiger partial charge in [0.2, 0.25) is 0 Å². The molecule has 0 unspecified atom stereocenters. The molecule has 5 heteroatoms. The van der Waals surface area contributed by atoms with Gasteiger partial charge in [-0.1, -0.05) is 0 Å². The van der Waals surface area contributed by atoms with E-state index in [0.29, 0.717) is 6.54 Å². The quantitative estimate of drug-likeness (QED) is 0.886. The molecule has 3 nitrogen and oxygen atoms in total. The molecule has 0 aliphatic carbocycles. The van der Waals surface area contributed by atoms with Crippen LogP contribution in [0.4, 0.5) is 0 Å². The van der Waals surface area contributed by atoms with Crippen molar-refractivity contribution in [2.45, 2.75) is 18.9 Å². The molecule has 0 bridgehead atoms. The highest BCUT2D eigenvalue weighted by Crippen LogP contribution is 2.15. The first-order valence-corrected chi connectivity index (χ1v) is 5.10. The second-order valence-corrected chi connectivity index (χ2v) is 3.85. The van der Waals surface area contributed by atoms with Crippen molar-refractivity contribution in [1.82, 2.24) is 4.98 Å². The van der Waals surface area contributed by atoms with E-state index in [0.717, 1.165) is 23.0 Å². The Morgan fingerprint density at radius 3 is 2.64 bits per heavy atom. The molecule has 80 valence electrons. The van der Waals surface area contributed by atoms with Crippen LogP contribution in [-0.4, -0.2) is 11.5 Å². The molecule has 1 atom stereocenters. The smallest absolute Gasteiger partial charge is 0.0571 e. The molecule has 0 aliphatic rings. The van der Waals surface area contributed by atoms with Crippen molar-refractivity contribution in [1.29, 1.82) is 0 Å². The molecule has 0 spiro atoms. The highest BCUT2D eigenvalue weighted by molar-refractivity contribution is 9.10. The predicted molar refractivity (Wildman–Crippen MR) is 64.4 cm³/mol. The van der Waals surface area contributed by atoms with Gasteiger partial charge in [0.05, 0.1) is 5.69 Å². The summed E-state index contributed by atoms with van der Waals surface area (Å²) in [7, 11) is 0. The fraction of sp³-hybridized carbons (Fsp3) is 0.444. The van der Waals surface area contributed by atoms with Gasteiger partial charge in [-0.25, -0.2) is 0 Å². The standard InChI is InChI=1S/C9H14BrN3.ClH/c10-7-3-4-9(13-6-7)8(12)2-1-5-11;/h3-4,6,8H,1-2,5,11-12H2;1H/t8-;/m0./s1. The van der Waals surface area contributed by atoms with Crippen LogP contribution in [0.15, 0.2) is 22.8 Å². The number of halogens is 2. The van der Waals surface area contributed by atoms with Gasteiger partial charge in [0.25, 0.3) is 0 Å². The molecule has 0 amide bonds. The third kappa shape index (κ3) is 4.37. The second-order valence-electron chi connectivity index (χ2n) is 2.94. The zero-order chi connectivity index (χ0) is 9.68. The number of rotatable bonds is 4. The van der Waals surface area contributed by atoms with Crippen LogP contribution in [0.2, 0.25) is 0 Å². The van der Waals surface area contributed by atoms with Crippen LogP contribution < -0.4 is 11.5 Å². The van der Waals surface area contributed by atoms with Crippen LogP contribution in [0.25, 0.3) is 0 Å². The fourth-order valence-corrected chi connectivity index (χ4v) is 1.33. The third-order valence-corrected chi connectivity index (χ3v) is 2.32. The molecule has 0 fully saturated rings. The van der Waals surface area contributed by atoms with Crippen molar-refractivity contribution in [2.24, 2.45) is 11.5 Å². The van der Waals surface area contributed by atoms with Crippen LogP contribution in [-0.2, 0) is 0 Å². The Hall–Kier alpha value is -0.160. The first-order valence-electron chi connectivity index (χ1n) is 4.31. The maximum atomic E-state index is 5.90. The van der Waals surface area contributed by atoms with Crippen molar-refractivity contribution in [3.05, 3.63) is 28.5 Å². The Balaban J connectivity index is 0.00000169. The van der Waals surface area contributed by atoms with E-state index in [4.69, 9.17) is 11.5 Å². The van der Waals surface area contributed by atoms with Gasteiger partial charge in [0, 0.05) is 16.7 Å². The van der Waals surface area contributed by atoms with E-state index in [2.05, 4.69) is 20.9 Å². The van der Waals surface area contributed by atoms with Crippen LogP contribution in [0.1, 0.15) is 24.6 Å². The average Bonchev–Trinajstić information content (AvgIpc) is 2.15. The third-order valence-electron chi connectivity index (χ3n) is 1.85. The largest absolute Gasteiger partial charge is 0.330 e. The number of aromatic nitrogens is 1. The topological polar surface area (TPSA) is 64.9 Å². The lowest BCUT2D eigenvalue weighted by Gasteiger charge is -2.09. The lowest BCUT2D eigenvalue weighted by atomic mass is 10.1. The summed E-state index contributed by atoms with van der Waals surface area (Å²) in [6.07, 6.45) is 3.60. The zero-order valence-electron chi connectivity index (χ0n) is 7.82.